The summed E-state index contributed by atoms with van der Waals surface area (Å²) in [4.78, 5) is 10.7. The Bertz CT molecular complexity index is 389. The minimum atomic E-state index is -0.371. The molecule has 5 heteroatoms. The normalized spacial score (nSPS) is 8.67. The fourth-order valence-electron chi connectivity index (χ4n) is 0.775. The molecule has 0 radical (unpaired) electrons. The van der Waals surface area contributed by atoms with Gasteiger partial charge in [-0.25, -0.2) is 0 Å². The molecule has 0 N–H and O–H groups in total. The lowest BCUT2D eigenvalue weighted by molar-refractivity contribution is -0.139. The van der Waals surface area contributed by atoms with Crippen LogP contribution in [0.1, 0.15) is 12.1 Å². The SMILES string of the molecule is COC(=O)CC#Cc1ccc(OC)nn1. The van der Waals surface area contributed by atoms with Gasteiger partial charge in [0.1, 0.15) is 12.1 Å². The number of hydrogen-bond acceptors (Lipinski definition) is 5. The minimum absolute atomic E-state index is 0.0458. The maximum absolute atomic E-state index is 10.7. The first-order valence-electron chi connectivity index (χ1n) is 4.19. The first-order chi connectivity index (χ1) is 7.26. The molecule has 0 aliphatic heterocycles. The number of esters is 1. The number of ether oxygens (including phenoxy) is 2. The van der Waals surface area contributed by atoms with Gasteiger partial charge < -0.3 is 9.47 Å². The summed E-state index contributed by atoms with van der Waals surface area (Å²) in [6.07, 6.45) is 0.0458. The molecule has 15 heavy (non-hydrogen) atoms. The van der Waals surface area contributed by atoms with Gasteiger partial charge in [0.05, 0.1) is 14.2 Å². The van der Waals surface area contributed by atoms with Crippen LogP contribution in [0.3, 0.4) is 0 Å². The summed E-state index contributed by atoms with van der Waals surface area (Å²) >= 11 is 0. The number of aromatic nitrogens is 2. The van der Waals surface area contributed by atoms with Crippen molar-refractivity contribution in [2.24, 2.45) is 0 Å². The fraction of sp³-hybridized carbons (Fsp3) is 0.300. The number of rotatable bonds is 2. The molecule has 0 saturated heterocycles. The van der Waals surface area contributed by atoms with Gasteiger partial charge in [-0.3, -0.25) is 4.79 Å². The second-order valence-corrected chi connectivity index (χ2v) is 2.52. The Hall–Kier alpha value is -2.09. The van der Waals surface area contributed by atoms with E-state index in [9.17, 15) is 4.79 Å². The highest BCUT2D eigenvalue weighted by Gasteiger charge is 1.95. The summed E-state index contributed by atoms with van der Waals surface area (Å²) in [6.45, 7) is 0. The van der Waals surface area contributed by atoms with Crippen LogP contribution in [0, 0.1) is 11.8 Å². The van der Waals surface area contributed by atoms with E-state index in [2.05, 4.69) is 26.8 Å². The summed E-state index contributed by atoms with van der Waals surface area (Å²) < 4.78 is 9.26. The standard InChI is InChI=1S/C10H10N2O3/c1-14-9-7-6-8(11-12-9)4-3-5-10(13)15-2/h6-7H,5H2,1-2H3. The molecular formula is C10H10N2O3. The van der Waals surface area contributed by atoms with E-state index in [1.54, 1.807) is 12.1 Å². The van der Waals surface area contributed by atoms with Crippen molar-refractivity contribution in [3.05, 3.63) is 17.8 Å². The number of methoxy groups -OCH3 is 2. The molecule has 0 aromatic carbocycles. The van der Waals surface area contributed by atoms with Crippen LogP contribution >= 0.6 is 0 Å². The number of carbonyl (C=O) groups is 1. The Kier molecular flexibility index (Phi) is 4.10. The van der Waals surface area contributed by atoms with E-state index in [-0.39, 0.29) is 12.4 Å². The Morgan fingerprint density at radius 3 is 2.73 bits per heavy atom. The Morgan fingerprint density at radius 1 is 1.40 bits per heavy atom. The van der Waals surface area contributed by atoms with E-state index in [1.165, 1.54) is 14.2 Å². The average molecular weight is 206 g/mol. The van der Waals surface area contributed by atoms with E-state index < -0.39 is 0 Å². The van der Waals surface area contributed by atoms with Gasteiger partial charge in [-0.1, -0.05) is 5.92 Å². The second kappa shape index (κ2) is 5.60. The third-order valence-electron chi connectivity index (χ3n) is 1.53. The molecule has 1 aromatic heterocycles. The molecule has 1 aromatic rings. The van der Waals surface area contributed by atoms with Gasteiger partial charge >= 0.3 is 5.97 Å². The summed E-state index contributed by atoms with van der Waals surface area (Å²) in [5, 5.41) is 7.50. The first kappa shape index (κ1) is 11.0. The Balaban J connectivity index is 2.60. The van der Waals surface area contributed by atoms with Crippen molar-refractivity contribution in [2.75, 3.05) is 14.2 Å². The lowest BCUT2D eigenvalue weighted by Gasteiger charge is -1.94. The molecule has 5 nitrogen and oxygen atoms in total. The highest BCUT2D eigenvalue weighted by Crippen LogP contribution is 2.02. The maximum Gasteiger partial charge on any atom is 0.317 e. The van der Waals surface area contributed by atoms with E-state index in [0.29, 0.717) is 11.6 Å². The molecule has 0 unspecified atom stereocenters. The van der Waals surface area contributed by atoms with Crippen LogP contribution in [0.25, 0.3) is 0 Å². The predicted octanol–water partition coefficient (Wildman–Crippen LogP) is 0.400. The topological polar surface area (TPSA) is 61.3 Å². The molecular weight excluding hydrogens is 196 g/mol. The van der Waals surface area contributed by atoms with Crippen molar-refractivity contribution < 1.29 is 14.3 Å². The van der Waals surface area contributed by atoms with E-state index in [1.807, 2.05) is 0 Å². The van der Waals surface area contributed by atoms with Gasteiger partial charge in [-0.15, -0.1) is 10.2 Å². The Morgan fingerprint density at radius 2 is 2.20 bits per heavy atom. The van der Waals surface area contributed by atoms with Crippen LogP contribution in [-0.4, -0.2) is 30.4 Å². The third kappa shape index (κ3) is 3.65. The number of hydrogen-bond donors (Lipinski definition) is 0. The molecule has 78 valence electrons. The van der Waals surface area contributed by atoms with Crippen molar-refractivity contribution in [1.82, 2.24) is 10.2 Å². The molecule has 0 spiro atoms. The third-order valence-corrected chi connectivity index (χ3v) is 1.53. The van der Waals surface area contributed by atoms with Crippen LogP contribution in [0.15, 0.2) is 12.1 Å². The van der Waals surface area contributed by atoms with E-state index in [0.717, 1.165) is 0 Å². The molecule has 0 aliphatic carbocycles. The molecule has 0 aliphatic rings. The minimum Gasteiger partial charge on any atom is -0.480 e. The smallest absolute Gasteiger partial charge is 0.317 e. The Labute approximate surface area is 87.4 Å². The van der Waals surface area contributed by atoms with Crippen LogP contribution in [-0.2, 0) is 9.53 Å². The maximum atomic E-state index is 10.7. The lowest BCUT2D eigenvalue weighted by atomic mass is 10.3. The molecule has 0 fully saturated rings. The second-order valence-electron chi connectivity index (χ2n) is 2.52. The molecule has 0 atom stereocenters. The molecule has 1 rings (SSSR count). The fourth-order valence-corrected chi connectivity index (χ4v) is 0.775. The van der Waals surface area contributed by atoms with Crippen molar-refractivity contribution >= 4 is 5.97 Å². The van der Waals surface area contributed by atoms with E-state index >= 15 is 0 Å². The number of carbonyl (C=O) groups excluding carboxylic acids is 1. The molecule has 0 amide bonds. The van der Waals surface area contributed by atoms with Crippen molar-refractivity contribution in [1.29, 1.82) is 0 Å². The zero-order valence-electron chi connectivity index (χ0n) is 8.48. The van der Waals surface area contributed by atoms with Gasteiger partial charge in [0.15, 0.2) is 0 Å². The van der Waals surface area contributed by atoms with Crippen molar-refractivity contribution in [3.8, 4) is 17.7 Å². The van der Waals surface area contributed by atoms with Crippen LogP contribution in [0.4, 0.5) is 0 Å². The lowest BCUT2D eigenvalue weighted by Crippen LogP contribution is -1.97. The highest BCUT2D eigenvalue weighted by atomic mass is 16.5. The van der Waals surface area contributed by atoms with Gasteiger partial charge in [-0.2, -0.15) is 0 Å². The van der Waals surface area contributed by atoms with Crippen molar-refractivity contribution in [3.63, 3.8) is 0 Å². The quantitative estimate of drug-likeness (QED) is 0.517. The molecule has 0 bridgehead atoms. The van der Waals surface area contributed by atoms with Gasteiger partial charge in [0.2, 0.25) is 5.88 Å². The molecule has 1 heterocycles. The van der Waals surface area contributed by atoms with Gasteiger partial charge in [-0.05, 0) is 12.0 Å². The van der Waals surface area contributed by atoms with Crippen LogP contribution < -0.4 is 4.74 Å². The summed E-state index contributed by atoms with van der Waals surface area (Å²) in [5.41, 5.74) is 0.486. The van der Waals surface area contributed by atoms with Crippen LogP contribution in [0.5, 0.6) is 5.88 Å². The predicted molar refractivity (Wildman–Crippen MR) is 52.1 cm³/mol. The number of nitrogens with zero attached hydrogens (tertiary/aromatic N) is 2. The largest absolute Gasteiger partial charge is 0.480 e. The average Bonchev–Trinajstić information content (AvgIpc) is 2.29. The van der Waals surface area contributed by atoms with Crippen LogP contribution in [0.2, 0.25) is 0 Å². The highest BCUT2D eigenvalue weighted by molar-refractivity contribution is 5.72. The molecule has 0 saturated carbocycles. The summed E-state index contributed by atoms with van der Waals surface area (Å²) in [6, 6.07) is 3.31. The zero-order valence-corrected chi connectivity index (χ0v) is 8.48. The van der Waals surface area contributed by atoms with Gasteiger partial charge in [0, 0.05) is 6.07 Å². The first-order valence-corrected chi connectivity index (χ1v) is 4.19. The monoisotopic (exact) mass is 206 g/mol. The van der Waals surface area contributed by atoms with E-state index in [4.69, 9.17) is 4.74 Å². The van der Waals surface area contributed by atoms with Gasteiger partial charge in [0.25, 0.3) is 0 Å². The summed E-state index contributed by atoms with van der Waals surface area (Å²) in [7, 11) is 2.82. The van der Waals surface area contributed by atoms with Crippen molar-refractivity contribution in [2.45, 2.75) is 6.42 Å². The summed E-state index contributed by atoms with van der Waals surface area (Å²) in [5.74, 6) is 5.36. The zero-order chi connectivity index (χ0) is 11.1.